The molecule has 0 aliphatic rings. The molecule has 0 radical (unpaired) electrons. The maximum absolute atomic E-state index is 6.40. The van der Waals surface area contributed by atoms with E-state index in [-0.39, 0.29) is 5.04 Å². The summed E-state index contributed by atoms with van der Waals surface area (Å²) in [7, 11) is -0.111. The van der Waals surface area contributed by atoms with Crippen molar-refractivity contribution in [2.75, 3.05) is 7.11 Å². The van der Waals surface area contributed by atoms with E-state index < -0.39 is 8.32 Å². The van der Waals surface area contributed by atoms with Crippen LogP contribution >= 0.6 is 0 Å². The number of rotatable bonds is 5. The predicted molar refractivity (Wildman–Crippen MR) is 111 cm³/mol. The Labute approximate surface area is 153 Å². The second-order valence-corrected chi connectivity index (χ2v) is 12.7. The zero-order valence-electron chi connectivity index (χ0n) is 16.5. The molecule has 2 aromatic carbocycles. The van der Waals surface area contributed by atoms with Crippen LogP contribution in [-0.4, -0.2) is 15.4 Å². The van der Waals surface area contributed by atoms with Crippen LogP contribution in [0.3, 0.4) is 0 Å². The Morgan fingerprint density at radius 1 is 0.920 bits per heavy atom. The molecule has 0 aliphatic carbocycles. The second kappa shape index (κ2) is 7.48. The smallest absolute Gasteiger partial charge is 0.250 e. The van der Waals surface area contributed by atoms with E-state index in [1.54, 1.807) is 7.11 Å². The van der Waals surface area contributed by atoms with Crippen molar-refractivity contribution >= 4 is 20.5 Å². The molecule has 0 saturated carbocycles. The van der Waals surface area contributed by atoms with Crippen LogP contribution in [0.4, 0.5) is 0 Å². The van der Waals surface area contributed by atoms with Gasteiger partial charge in [0.05, 0.1) is 7.11 Å². The second-order valence-electron chi connectivity index (χ2n) is 8.00. The first-order valence-corrected chi connectivity index (χ1v) is 11.6. The van der Waals surface area contributed by atoms with Crippen LogP contribution in [-0.2, 0) is 0 Å². The molecule has 3 heteroatoms. The predicted octanol–water partition coefficient (Wildman–Crippen LogP) is 6.56. The molecule has 2 aromatic rings. The van der Waals surface area contributed by atoms with Crippen LogP contribution in [0.25, 0.3) is 12.2 Å². The molecule has 134 valence electrons. The van der Waals surface area contributed by atoms with Crippen LogP contribution in [0.15, 0.2) is 42.5 Å². The van der Waals surface area contributed by atoms with Gasteiger partial charge in [0.25, 0.3) is 0 Å². The van der Waals surface area contributed by atoms with Crippen molar-refractivity contribution in [1.82, 2.24) is 0 Å². The third kappa shape index (κ3) is 4.99. The highest BCUT2D eigenvalue weighted by molar-refractivity contribution is 6.74. The molecule has 2 rings (SSSR count). The van der Waals surface area contributed by atoms with Gasteiger partial charge in [-0.05, 0) is 66.0 Å². The first-order valence-electron chi connectivity index (χ1n) is 8.74. The van der Waals surface area contributed by atoms with Gasteiger partial charge in [0.1, 0.15) is 11.5 Å². The Kier molecular flexibility index (Phi) is 5.78. The minimum atomic E-state index is -1.81. The Morgan fingerprint density at radius 3 is 2.12 bits per heavy atom. The summed E-state index contributed by atoms with van der Waals surface area (Å²) in [4.78, 5) is 0. The molecular formula is C22H30O2Si. The maximum Gasteiger partial charge on any atom is 0.250 e. The van der Waals surface area contributed by atoms with Crippen molar-refractivity contribution in [1.29, 1.82) is 0 Å². The first-order chi connectivity index (χ1) is 11.6. The van der Waals surface area contributed by atoms with E-state index in [0.717, 1.165) is 28.2 Å². The highest BCUT2D eigenvalue weighted by Crippen LogP contribution is 2.37. The lowest BCUT2D eigenvalue weighted by molar-refractivity contribution is 0.411. The molecule has 0 heterocycles. The van der Waals surface area contributed by atoms with Gasteiger partial charge >= 0.3 is 0 Å². The van der Waals surface area contributed by atoms with Crippen molar-refractivity contribution in [2.24, 2.45) is 0 Å². The van der Waals surface area contributed by atoms with Crippen molar-refractivity contribution in [3.05, 3.63) is 59.2 Å². The van der Waals surface area contributed by atoms with Crippen LogP contribution in [0.1, 0.15) is 37.5 Å². The van der Waals surface area contributed by atoms with E-state index in [0.29, 0.717) is 0 Å². The summed E-state index contributed by atoms with van der Waals surface area (Å²) in [5.41, 5.74) is 3.44. The molecule has 0 aromatic heterocycles. The zero-order chi connectivity index (χ0) is 18.7. The molecular weight excluding hydrogens is 324 g/mol. The third-order valence-electron chi connectivity index (χ3n) is 4.92. The monoisotopic (exact) mass is 354 g/mol. The fraction of sp³-hybridized carbons (Fsp3) is 0.364. The van der Waals surface area contributed by atoms with Gasteiger partial charge in [-0.15, -0.1) is 0 Å². The van der Waals surface area contributed by atoms with Gasteiger partial charge in [-0.25, -0.2) is 0 Å². The Balaban J connectivity index is 2.18. The van der Waals surface area contributed by atoms with Gasteiger partial charge in [-0.1, -0.05) is 51.1 Å². The minimum Gasteiger partial charge on any atom is -0.543 e. The van der Waals surface area contributed by atoms with E-state index in [2.05, 4.69) is 89.3 Å². The summed E-state index contributed by atoms with van der Waals surface area (Å²) in [5, 5.41) is 0.194. The Bertz CT molecular complexity index is 755. The average molecular weight is 355 g/mol. The lowest BCUT2D eigenvalue weighted by atomic mass is 10.1. The summed E-state index contributed by atoms with van der Waals surface area (Å²) >= 11 is 0. The van der Waals surface area contributed by atoms with Gasteiger partial charge in [0.15, 0.2) is 0 Å². The molecule has 0 saturated heterocycles. The lowest BCUT2D eigenvalue weighted by Crippen LogP contribution is -2.43. The standard InChI is InChI=1S/C22H30O2Si/c1-17-15-19(13-14-21(17)23-5)12-11-18-9-8-10-20(16-18)24-25(6,7)22(2,3)4/h8-16H,1-7H3. The van der Waals surface area contributed by atoms with E-state index >= 15 is 0 Å². The Hall–Kier alpha value is -2.00. The summed E-state index contributed by atoms with van der Waals surface area (Å²) in [6.07, 6.45) is 4.25. The number of benzene rings is 2. The average Bonchev–Trinajstić information content (AvgIpc) is 2.52. The molecule has 0 spiro atoms. The number of aryl methyl sites for hydroxylation is 1. The molecule has 0 amide bonds. The topological polar surface area (TPSA) is 18.5 Å². The van der Waals surface area contributed by atoms with E-state index in [1.165, 1.54) is 0 Å². The fourth-order valence-corrected chi connectivity index (χ4v) is 3.35. The quantitative estimate of drug-likeness (QED) is 0.447. The molecule has 25 heavy (non-hydrogen) atoms. The molecule has 2 nitrogen and oxygen atoms in total. The number of hydrogen-bond acceptors (Lipinski definition) is 2. The molecule has 0 aliphatic heterocycles. The summed E-state index contributed by atoms with van der Waals surface area (Å²) in [6, 6.07) is 14.5. The third-order valence-corrected chi connectivity index (χ3v) is 9.28. The highest BCUT2D eigenvalue weighted by atomic mass is 28.4. The minimum absolute atomic E-state index is 0.194. The zero-order valence-corrected chi connectivity index (χ0v) is 17.5. The van der Waals surface area contributed by atoms with Crippen molar-refractivity contribution < 1.29 is 9.16 Å². The SMILES string of the molecule is COc1ccc(C=Cc2cccc(O[Si](C)(C)C(C)(C)C)c2)cc1C. The summed E-state index contributed by atoms with van der Waals surface area (Å²) in [5.74, 6) is 1.88. The normalized spacial score (nSPS) is 12.4. The van der Waals surface area contributed by atoms with Crippen LogP contribution in [0, 0.1) is 6.92 Å². The molecule has 0 atom stereocenters. The van der Waals surface area contributed by atoms with Crippen molar-refractivity contribution in [2.45, 2.75) is 45.8 Å². The van der Waals surface area contributed by atoms with Gasteiger partial charge in [0.2, 0.25) is 8.32 Å². The Morgan fingerprint density at radius 2 is 1.56 bits per heavy atom. The first kappa shape index (κ1) is 19.3. The lowest BCUT2D eigenvalue weighted by Gasteiger charge is -2.36. The largest absolute Gasteiger partial charge is 0.543 e. The van der Waals surface area contributed by atoms with E-state index in [1.807, 2.05) is 6.07 Å². The van der Waals surface area contributed by atoms with Crippen LogP contribution in [0.5, 0.6) is 11.5 Å². The molecule has 0 unspecified atom stereocenters. The number of hydrogen-bond donors (Lipinski definition) is 0. The maximum atomic E-state index is 6.40. The highest BCUT2D eigenvalue weighted by Gasteiger charge is 2.38. The van der Waals surface area contributed by atoms with Gasteiger partial charge < -0.3 is 9.16 Å². The number of ether oxygens (including phenoxy) is 1. The van der Waals surface area contributed by atoms with Gasteiger partial charge in [-0.3, -0.25) is 0 Å². The van der Waals surface area contributed by atoms with Gasteiger partial charge in [-0.2, -0.15) is 0 Å². The van der Waals surface area contributed by atoms with Crippen molar-refractivity contribution in [3.8, 4) is 11.5 Å². The van der Waals surface area contributed by atoms with Crippen LogP contribution < -0.4 is 9.16 Å². The molecule has 0 N–H and O–H groups in total. The molecule has 0 bridgehead atoms. The van der Waals surface area contributed by atoms with Gasteiger partial charge in [0, 0.05) is 0 Å². The summed E-state index contributed by atoms with van der Waals surface area (Å²) in [6.45, 7) is 13.4. The summed E-state index contributed by atoms with van der Waals surface area (Å²) < 4.78 is 11.7. The van der Waals surface area contributed by atoms with Crippen molar-refractivity contribution in [3.63, 3.8) is 0 Å². The van der Waals surface area contributed by atoms with E-state index in [4.69, 9.17) is 9.16 Å². The van der Waals surface area contributed by atoms with Crippen LogP contribution in [0.2, 0.25) is 18.1 Å². The van der Waals surface area contributed by atoms with E-state index in [9.17, 15) is 0 Å². The number of methoxy groups -OCH3 is 1. The molecule has 0 fully saturated rings. The fourth-order valence-electron chi connectivity index (χ4n) is 2.33.